The summed E-state index contributed by atoms with van der Waals surface area (Å²) in [5, 5.41) is 17.8. The Bertz CT molecular complexity index is 626. The summed E-state index contributed by atoms with van der Waals surface area (Å²) >= 11 is 0. The molecule has 0 atom stereocenters. The smallest absolute Gasteiger partial charge is 0.184 e. The average Bonchev–Trinajstić information content (AvgIpc) is 2.26. The van der Waals surface area contributed by atoms with Crippen LogP contribution in [0.2, 0.25) is 0 Å². The molecule has 0 bridgehead atoms. The third-order valence-corrected chi connectivity index (χ3v) is 4.89. The lowest BCUT2D eigenvalue weighted by atomic mass is 10.1. The first-order chi connectivity index (χ1) is 7.75. The van der Waals surface area contributed by atoms with Crippen molar-refractivity contribution in [2.24, 2.45) is 0 Å². The van der Waals surface area contributed by atoms with E-state index in [0.29, 0.717) is 0 Å². The van der Waals surface area contributed by atoms with E-state index in [2.05, 4.69) is 0 Å². The zero-order valence-corrected chi connectivity index (χ0v) is 10.7. The summed E-state index contributed by atoms with van der Waals surface area (Å²) < 4.78 is 23.5. The largest absolute Gasteiger partial charge is 0.223 e. The Kier molecular flexibility index (Phi) is 3.26. The molecule has 0 aliphatic heterocycles. The van der Waals surface area contributed by atoms with Gasteiger partial charge in [-0.2, -0.15) is 10.5 Å². The maximum atomic E-state index is 12.2. The Morgan fingerprint density at radius 2 is 1.71 bits per heavy atom. The zero-order chi connectivity index (χ0) is 13.3. The molecule has 0 unspecified atom stereocenters. The molecule has 0 spiro atoms. The molecule has 0 saturated carbocycles. The van der Waals surface area contributed by atoms with Crippen LogP contribution in [0, 0.1) is 22.7 Å². The molecule has 1 aromatic rings. The molecule has 5 heteroatoms. The second-order valence-electron chi connectivity index (χ2n) is 4.52. The number of rotatable bonds is 1. The zero-order valence-electron chi connectivity index (χ0n) is 9.85. The molecule has 1 rings (SSSR count). The predicted octanol–water partition coefficient (Wildman–Crippen LogP) is 2.00. The van der Waals surface area contributed by atoms with E-state index < -0.39 is 14.6 Å². The van der Waals surface area contributed by atoms with Crippen LogP contribution in [-0.4, -0.2) is 13.2 Å². The lowest BCUT2D eigenvalue weighted by Crippen LogP contribution is -2.28. The fraction of sp³-hybridized carbons (Fsp3) is 0.333. The van der Waals surface area contributed by atoms with Crippen molar-refractivity contribution in [1.29, 1.82) is 10.5 Å². The van der Waals surface area contributed by atoms with Crippen LogP contribution in [0.5, 0.6) is 0 Å². The molecule has 1 aromatic carbocycles. The van der Waals surface area contributed by atoms with Crippen molar-refractivity contribution in [2.75, 3.05) is 0 Å². The molecule has 0 aromatic heterocycles. The second-order valence-corrected chi connectivity index (χ2v) is 7.19. The van der Waals surface area contributed by atoms with Crippen molar-refractivity contribution >= 4 is 9.84 Å². The van der Waals surface area contributed by atoms with Gasteiger partial charge in [0.1, 0.15) is 12.1 Å². The molecule has 0 aliphatic rings. The van der Waals surface area contributed by atoms with Crippen molar-refractivity contribution in [3.63, 3.8) is 0 Å². The summed E-state index contributed by atoms with van der Waals surface area (Å²) in [7, 11) is -3.63. The van der Waals surface area contributed by atoms with Crippen molar-refractivity contribution in [3.05, 3.63) is 29.3 Å². The Morgan fingerprint density at radius 3 is 2.12 bits per heavy atom. The molecule has 0 N–H and O–H groups in total. The van der Waals surface area contributed by atoms with Crippen LogP contribution < -0.4 is 0 Å². The molecule has 88 valence electrons. The number of nitriles is 2. The molecule has 0 aliphatic carbocycles. The highest BCUT2D eigenvalue weighted by Gasteiger charge is 2.33. The van der Waals surface area contributed by atoms with E-state index in [1.54, 1.807) is 26.8 Å². The average molecular weight is 248 g/mol. The van der Waals surface area contributed by atoms with Gasteiger partial charge in [-0.3, -0.25) is 0 Å². The first-order valence-electron chi connectivity index (χ1n) is 4.93. The standard InChI is InChI=1S/C12H12N2O2S/c1-12(2,3)17(15,16)11-6-4-5-9(7-13)10(11)8-14/h4-6H,1-3H3. The van der Waals surface area contributed by atoms with E-state index in [0.717, 1.165) is 0 Å². The van der Waals surface area contributed by atoms with Gasteiger partial charge in [-0.05, 0) is 32.9 Å². The highest BCUT2D eigenvalue weighted by atomic mass is 32.2. The van der Waals surface area contributed by atoms with Gasteiger partial charge in [-0.1, -0.05) is 6.07 Å². The topological polar surface area (TPSA) is 81.7 Å². The Hall–Kier alpha value is -1.85. The van der Waals surface area contributed by atoms with Gasteiger partial charge in [0.25, 0.3) is 0 Å². The van der Waals surface area contributed by atoms with E-state index in [1.165, 1.54) is 18.2 Å². The molecule has 17 heavy (non-hydrogen) atoms. The normalized spacial score (nSPS) is 11.6. The monoisotopic (exact) mass is 248 g/mol. The van der Waals surface area contributed by atoms with Crippen LogP contribution in [0.25, 0.3) is 0 Å². The predicted molar refractivity (Wildman–Crippen MR) is 62.8 cm³/mol. The van der Waals surface area contributed by atoms with E-state index >= 15 is 0 Å². The van der Waals surface area contributed by atoms with Crippen LogP contribution in [-0.2, 0) is 9.84 Å². The Balaban J connectivity index is 3.68. The molecule has 4 nitrogen and oxygen atoms in total. The van der Waals surface area contributed by atoms with Gasteiger partial charge < -0.3 is 0 Å². The van der Waals surface area contributed by atoms with Gasteiger partial charge in [0.2, 0.25) is 0 Å². The van der Waals surface area contributed by atoms with Crippen LogP contribution in [0.1, 0.15) is 31.9 Å². The fourth-order valence-corrected chi connectivity index (χ4v) is 2.64. The lowest BCUT2D eigenvalue weighted by Gasteiger charge is -2.20. The SMILES string of the molecule is CC(C)(C)S(=O)(=O)c1cccc(C#N)c1C#N. The quantitative estimate of drug-likeness (QED) is 0.761. The summed E-state index contributed by atoms with van der Waals surface area (Å²) in [5.41, 5.74) is 0.00255. The third kappa shape index (κ3) is 2.15. The van der Waals surface area contributed by atoms with Crippen LogP contribution in [0.15, 0.2) is 23.1 Å². The highest BCUT2D eigenvalue weighted by Crippen LogP contribution is 2.28. The van der Waals surface area contributed by atoms with E-state index in [9.17, 15) is 8.42 Å². The van der Waals surface area contributed by atoms with Crippen LogP contribution >= 0.6 is 0 Å². The van der Waals surface area contributed by atoms with Crippen molar-refractivity contribution in [3.8, 4) is 12.1 Å². The Labute approximate surface area is 101 Å². The summed E-state index contributed by atoms with van der Waals surface area (Å²) in [4.78, 5) is -0.0773. The first-order valence-corrected chi connectivity index (χ1v) is 6.42. The molecular formula is C12H12N2O2S. The molecule has 0 amide bonds. The minimum absolute atomic E-state index is 0.0773. The summed E-state index contributed by atoms with van der Waals surface area (Å²) in [6.45, 7) is 4.67. The van der Waals surface area contributed by atoms with E-state index in [1.807, 2.05) is 6.07 Å². The van der Waals surface area contributed by atoms with Gasteiger partial charge in [-0.15, -0.1) is 0 Å². The van der Waals surface area contributed by atoms with Gasteiger partial charge in [0.15, 0.2) is 9.84 Å². The highest BCUT2D eigenvalue weighted by molar-refractivity contribution is 7.92. The molecule has 0 radical (unpaired) electrons. The number of benzene rings is 1. The Morgan fingerprint density at radius 1 is 1.12 bits per heavy atom. The number of hydrogen-bond acceptors (Lipinski definition) is 4. The number of sulfone groups is 1. The third-order valence-electron chi connectivity index (χ3n) is 2.35. The minimum atomic E-state index is -3.63. The number of hydrogen-bond donors (Lipinski definition) is 0. The van der Waals surface area contributed by atoms with Crippen molar-refractivity contribution in [1.82, 2.24) is 0 Å². The van der Waals surface area contributed by atoms with Crippen LogP contribution in [0.4, 0.5) is 0 Å². The van der Waals surface area contributed by atoms with Crippen molar-refractivity contribution < 1.29 is 8.42 Å². The van der Waals surface area contributed by atoms with Crippen molar-refractivity contribution in [2.45, 2.75) is 30.4 Å². The fourth-order valence-electron chi connectivity index (χ4n) is 1.29. The number of nitrogens with zero attached hydrogens (tertiary/aromatic N) is 2. The van der Waals surface area contributed by atoms with Gasteiger partial charge in [0, 0.05) is 0 Å². The maximum absolute atomic E-state index is 12.2. The van der Waals surface area contributed by atoms with E-state index in [4.69, 9.17) is 10.5 Å². The summed E-state index contributed by atoms with van der Waals surface area (Å²) in [6, 6.07) is 7.88. The van der Waals surface area contributed by atoms with E-state index in [-0.39, 0.29) is 16.0 Å². The summed E-state index contributed by atoms with van der Waals surface area (Å²) in [5.74, 6) is 0. The molecule has 0 heterocycles. The maximum Gasteiger partial charge on any atom is 0.184 e. The summed E-state index contributed by atoms with van der Waals surface area (Å²) in [6.07, 6.45) is 0. The van der Waals surface area contributed by atoms with Crippen LogP contribution in [0.3, 0.4) is 0 Å². The van der Waals surface area contributed by atoms with Gasteiger partial charge >= 0.3 is 0 Å². The molecular weight excluding hydrogens is 236 g/mol. The molecule has 0 fully saturated rings. The van der Waals surface area contributed by atoms with Gasteiger partial charge in [0.05, 0.1) is 20.8 Å². The minimum Gasteiger partial charge on any atom is -0.223 e. The first kappa shape index (κ1) is 13.2. The molecule has 0 saturated heterocycles. The lowest BCUT2D eigenvalue weighted by molar-refractivity contribution is 0.560. The second kappa shape index (κ2) is 4.20. The van der Waals surface area contributed by atoms with Gasteiger partial charge in [-0.25, -0.2) is 8.42 Å².